The van der Waals surface area contributed by atoms with Gasteiger partial charge in [0, 0.05) is 18.1 Å². The molecule has 0 saturated heterocycles. The predicted molar refractivity (Wildman–Crippen MR) is 80.3 cm³/mol. The highest BCUT2D eigenvalue weighted by molar-refractivity contribution is 7.99. The van der Waals surface area contributed by atoms with E-state index in [9.17, 15) is 5.26 Å². The minimum Gasteiger partial charge on any atom is -0.298 e. The third kappa shape index (κ3) is 3.16. The van der Waals surface area contributed by atoms with Gasteiger partial charge in [0.1, 0.15) is 5.54 Å². The van der Waals surface area contributed by atoms with Crippen LogP contribution in [0.4, 0.5) is 0 Å². The van der Waals surface area contributed by atoms with Crippen LogP contribution < -0.4 is 5.32 Å². The SMILES string of the molecule is CNC(C#N)(CSc1ncc(C)cn1)c1ccccc1. The Morgan fingerprint density at radius 1 is 1.25 bits per heavy atom. The number of nitrogens with one attached hydrogen (secondary N) is 1. The molecule has 1 aromatic heterocycles. The number of nitriles is 1. The van der Waals surface area contributed by atoms with Gasteiger partial charge in [0.25, 0.3) is 0 Å². The summed E-state index contributed by atoms with van der Waals surface area (Å²) in [5, 5.41) is 13.4. The highest BCUT2D eigenvalue weighted by Gasteiger charge is 2.30. The Kier molecular flexibility index (Phi) is 4.72. The van der Waals surface area contributed by atoms with Crippen LogP contribution in [0.5, 0.6) is 0 Å². The molecule has 1 aromatic carbocycles. The number of hydrogen-bond donors (Lipinski definition) is 1. The number of benzene rings is 1. The molecule has 1 N–H and O–H groups in total. The molecule has 0 aliphatic rings. The molecule has 0 spiro atoms. The Morgan fingerprint density at radius 3 is 2.45 bits per heavy atom. The van der Waals surface area contributed by atoms with Gasteiger partial charge in [-0.15, -0.1) is 0 Å². The van der Waals surface area contributed by atoms with Crippen molar-refractivity contribution in [2.24, 2.45) is 0 Å². The van der Waals surface area contributed by atoms with Gasteiger partial charge in [0.15, 0.2) is 5.16 Å². The van der Waals surface area contributed by atoms with Crippen molar-refractivity contribution in [1.29, 1.82) is 5.26 Å². The van der Waals surface area contributed by atoms with Crippen LogP contribution in [0.2, 0.25) is 0 Å². The van der Waals surface area contributed by atoms with Crippen LogP contribution in [0.1, 0.15) is 11.1 Å². The first-order valence-electron chi connectivity index (χ1n) is 6.27. The first kappa shape index (κ1) is 14.5. The number of hydrogen-bond acceptors (Lipinski definition) is 5. The lowest BCUT2D eigenvalue weighted by Crippen LogP contribution is -2.41. The average molecular weight is 284 g/mol. The van der Waals surface area contributed by atoms with Gasteiger partial charge < -0.3 is 0 Å². The highest BCUT2D eigenvalue weighted by Crippen LogP contribution is 2.27. The van der Waals surface area contributed by atoms with Crippen LogP contribution in [0.15, 0.2) is 47.9 Å². The van der Waals surface area contributed by atoms with Crippen LogP contribution in [0.3, 0.4) is 0 Å². The number of aromatic nitrogens is 2. The fourth-order valence-electron chi connectivity index (χ4n) is 1.80. The molecule has 4 nitrogen and oxygen atoms in total. The first-order valence-corrected chi connectivity index (χ1v) is 7.26. The smallest absolute Gasteiger partial charge is 0.187 e. The molecule has 2 rings (SSSR count). The monoisotopic (exact) mass is 284 g/mol. The fraction of sp³-hybridized carbons (Fsp3) is 0.267. The van der Waals surface area contributed by atoms with E-state index in [1.807, 2.05) is 37.3 Å². The van der Waals surface area contributed by atoms with E-state index in [4.69, 9.17) is 0 Å². The van der Waals surface area contributed by atoms with Gasteiger partial charge in [-0.05, 0) is 25.1 Å². The third-order valence-corrected chi connectivity index (χ3v) is 4.11. The summed E-state index contributed by atoms with van der Waals surface area (Å²) in [6.45, 7) is 1.95. The summed E-state index contributed by atoms with van der Waals surface area (Å²) in [6, 6.07) is 12.1. The second kappa shape index (κ2) is 6.51. The second-order valence-electron chi connectivity index (χ2n) is 4.46. The van der Waals surface area contributed by atoms with Crippen molar-refractivity contribution >= 4 is 11.8 Å². The van der Waals surface area contributed by atoms with E-state index in [1.54, 1.807) is 19.4 Å². The summed E-state index contributed by atoms with van der Waals surface area (Å²) < 4.78 is 0. The van der Waals surface area contributed by atoms with E-state index in [0.29, 0.717) is 10.9 Å². The number of thioether (sulfide) groups is 1. The van der Waals surface area contributed by atoms with Gasteiger partial charge in [-0.3, -0.25) is 5.32 Å². The van der Waals surface area contributed by atoms with E-state index in [-0.39, 0.29) is 0 Å². The highest BCUT2D eigenvalue weighted by atomic mass is 32.2. The summed E-state index contributed by atoms with van der Waals surface area (Å²) in [7, 11) is 1.80. The zero-order valence-corrected chi connectivity index (χ0v) is 12.3. The van der Waals surface area contributed by atoms with Gasteiger partial charge in [0.2, 0.25) is 0 Å². The third-order valence-electron chi connectivity index (χ3n) is 3.06. The van der Waals surface area contributed by atoms with Crippen LogP contribution in [0, 0.1) is 18.3 Å². The Balaban J connectivity index is 2.18. The Hall–Kier alpha value is -1.90. The van der Waals surface area contributed by atoms with Crippen molar-refractivity contribution in [2.75, 3.05) is 12.8 Å². The maximum absolute atomic E-state index is 9.59. The Labute approximate surface area is 123 Å². The summed E-state index contributed by atoms with van der Waals surface area (Å²) in [4.78, 5) is 8.52. The zero-order valence-electron chi connectivity index (χ0n) is 11.5. The molecule has 20 heavy (non-hydrogen) atoms. The fourth-order valence-corrected chi connectivity index (χ4v) is 2.78. The van der Waals surface area contributed by atoms with Crippen molar-refractivity contribution in [1.82, 2.24) is 15.3 Å². The summed E-state index contributed by atoms with van der Waals surface area (Å²) in [5.41, 5.74) is 1.24. The lowest BCUT2D eigenvalue weighted by atomic mass is 9.94. The molecule has 0 radical (unpaired) electrons. The Bertz CT molecular complexity index is 592. The zero-order chi connectivity index (χ0) is 14.4. The van der Waals surface area contributed by atoms with Crippen molar-refractivity contribution in [3.8, 4) is 6.07 Å². The van der Waals surface area contributed by atoms with Crippen LogP contribution in [-0.2, 0) is 5.54 Å². The molecule has 1 atom stereocenters. The molecular weight excluding hydrogens is 268 g/mol. The topological polar surface area (TPSA) is 61.6 Å². The first-order chi connectivity index (χ1) is 9.70. The van der Waals surface area contributed by atoms with Crippen molar-refractivity contribution < 1.29 is 0 Å². The lowest BCUT2D eigenvalue weighted by Gasteiger charge is -2.25. The quantitative estimate of drug-likeness (QED) is 0.675. The molecule has 1 unspecified atom stereocenters. The molecule has 2 aromatic rings. The van der Waals surface area contributed by atoms with Crippen LogP contribution in [0.25, 0.3) is 0 Å². The number of aryl methyl sites for hydroxylation is 1. The molecule has 0 aliphatic carbocycles. The minimum atomic E-state index is -0.736. The standard InChI is InChI=1S/C15H16N4S/c1-12-8-18-14(19-9-12)20-11-15(10-16,17-2)13-6-4-3-5-7-13/h3-9,17H,11H2,1-2H3. The van der Waals surface area contributed by atoms with Crippen LogP contribution in [-0.4, -0.2) is 22.8 Å². The molecule has 0 bridgehead atoms. The van der Waals surface area contributed by atoms with Gasteiger partial charge in [0.05, 0.1) is 6.07 Å². The van der Waals surface area contributed by atoms with Gasteiger partial charge in [-0.1, -0.05) is 42.1 Å². The lowest BCUT2D eigenvalue weighted by molar-refractivity contribution is 0.527. The average Bonchev–Trinajstić information content (AvgIpc) is 2.51. The molecule has 102 valence electrons. The van der Waals surface area contributed by atoms with E-state index in [0.717, 1.165) is 11.1 Å². The van der Waals surface area contributed by atoms with Gasteiger partial charge in [-0.2, -0.15) is 5.26 Å². The van der Waals surface area contributed by atoms with Gasteiger partial charge in [-0.25, -0.2) is 9.97 Å². The van der Waals surface area contributed by atoms with Gasteiger partial charge >= 0.3 is 0 Å². The van der Waals surface area contributed by atoms with E-state index < -0.39 is 5.54 Å². The molecule has 0 aliphatic heterocycles. The van der Waals surface area contributed by atoms with Crippen molar-refractivity contribution in [3.05, 3.63) is 53.9 Å². The minimum absolute atomic E-state index is 0.549. The molecule has 0 saturated carbocycles. The van der Waals surface area contributed by atoms with E-state index in [2.05, 4.69) is 21.4 Å². The molecule has 1 heterocycles. The normalized spacial score (nSPS) is 13.4. The summed E-state index contributed by atoms with van der Waals surface area (Å²) >= 11 is 1.47. The van der Waals surface area contributed by atoms with E-state index in [1.165, 1.54) is 11.8 Å². The van der Waals surface area contributed by atoms with Crippen LogP contribution >= 0.6 is 11.8 Å². The maximum Gasteiger partial charge on any atom is 0.187 e. The van der Waals surface area contributed by atoms with Crippen molar-refractivity contribution in [3.63, 3.8) is 0 Å². The molecule has 5 heteroatoms. The summed E-state index contributed by atoms with van der Waals surface area (Å²) in [5.74, 6) is 0.549. The molecule has 0 fully saturated rings. The summed E-state index contributed by atoms with van der Waals surface area (Å²) in [6.07, 6.45) is 3.57. The Morgan fingerprint density at radius 2 is 1.90 bits per heavy atom. The van der Waals surface area contributed by atoms with E-state index >= 15 is 0 Å². The number of rotatable bonds is 5. The number of nitrogens with zero attached hydrogens (tertiary/aromatic N) is 3. The van der Waals surface area contributed by atoms with Crippen molar-refractivity contribution in [2.45, 2.75) is 17.6 Å². The second-order valence-corrected chi connectivity index (χ2v) is 5.41. The molecule has 0 amide bonds. The molecular formula is C15H16N4S. The largest absolute Gasteiger partial charge is 0.298 e. The maximum atomic E-state index is 9.59. The predicted octanol–water partition coefficient (Wildman–Crippen LogP) is 2.52.